The number of aromatic nitrogens is 5. The highest BCUT2D eigenvalue weighted by Gasteiger charge is 2.24. The van der Waals surface area contributed by atoms with Crippen LogP contribution in [-0.2, 0) is 4.79 Å². The van der Waals surface area contributed by atoms with E-state index in [1.165, 1.54) is 10.7 Å². The van der Waals surface area contributed by atoms with Crippen LogP contribution in [0.4, 0.5) is 0 Å². The van der Waals surface area contributed by atoms with Gasteiger partial charge < -0.3 is 10.1 Å². The summed E-state index contributed by atoms with van der Waals surface area (Å²) in [7, 11) is 0. The van der Waals surface area contributed by atoms with Gasteiger partial charge in [0.2, 0.25) is 5.56 Å². The van der Waals surface area contributed by atoms with Crippen LogP contribution in [0.25, 0.3) is 11.5 Å². The molecule has 0 aliphatic heterocycles. The molecular formula is C12H15N5O3. The van der Waals surface area contributed by atoms with E-state index in [1.54, 1.807) is 12.1 Å². The Balaban J connectivity index is 2.45. The Morgan fingerprint density at radius 2 is 2.20 bits per heavy atom. The first-order valence-corrected chi connectivity index (χ1v) is 6.18. The standard InChI is InChI=1S/C12H15N5O3/c1-7(2)9(6-11(19)20)17-12(14-15-16-17)8-4-3-5-10(18)13-8/h3-5,7,9H,6H2,1-2H3,(H,13,18)(H,19,20). The number of carboxylic acids is 1. The summed E-state index contributed by atoms with van der Waals surface area (Å²) in [5.74, 6) is -0.543. The quantitative estimate of drug-likeness (QED) is 0.831. The molecular weight excluding hydrogens is 262 g/mol. The molecule has 0 saturated heterocycles. The van der Waals surface area contributed by atoms with Crippen molar-refractivity contribution in [3.05, 3.63) is 28.6 Å². The van der Waals surface area contributed by atoms with Crippen LogP contribution in [0.15, 0.2) is 23.0 Å². The number of rotatable bonds is 5. The van der Waals surface area contributed by atoms with E-state index in [1.807, 2.05) is 13.8 Å². The van der Waals surface area contributed by atoms with Gasteiger partial charge in [-0.1, -0.05) is 19.9 Å². The molecule has 2 N–H and O–H groups in total. The van der Waals surface area contributed by atoms with Crippen molar-refractivity contribution in [2.24, 2.45) is 5.92 Å². The maximum Gasteiger partial charge on any atom is 0.305 e. The Labute approximate surface area is 114 Å². The molecule has 0 spiro atoms. The molecule has 1 atom stereocenters. The number of aliphatic carboxylic acids is 1. The lowest BCUT2D eigenvalue weighted by Gasteiger charge is -2.19. The molecule has 0 bridgehead atoms. The Bertz CT molecular complexity index is 661. The summed E-state index contributed by atoms with van der Waals surface area (Å²) in [6.45, 7) is 3.79. The Hall–Kier alpha value is -2.51. The third-order valence-corrected chi connectivity index (χ3v) is 2.97. The van der Waals surface area contributed by atoms with Gasteiger partial charge in [0.1, 0.15) is 0 Å². The van der Waals surface area contributed by atoms with Gasteiger partial charge in [0.25, 0.3) is 0 Å². The van der Waals surface area contributed by atoms with E-state index in [0.717, 1.165) is 0 Å². The largest absolute Gasteiger partial charge is 0.481 e. The number of hydrogen-bond acceptors (Lipinski definition) is 5. The number of hydrogen-bond donors (Lipinski definition) is 2. The molecule has 2 heterocycles. The number of carbonyl (C=O) groups is 1. The first-order valence-electron chi connectivity index (χ1n) is 6.18. The fraction of sp³-hybridized carbons (Fsp3) is 0.417. The maximum atomic E-state index is 11.4. The van der Waals surface area contributed by atoms with E-state index in [4.69, 9.17) is 5.11 Å². The van der Waals surface area contributed by atoms with Crippen molar-refractivity contribution in [2.75, 3.05) is 0 Å². The minimum atomic E-state index is -0.924. The van der Waals surface area contributed by atoms with E-state index in [2.05, 4.69) is 20.5 Å². The molecule has 0 amide bonds. The van der Waals surface area contributed by atoms with Crippen molar-refractivity contribution < 1.29 is 9.90 Å². The average Bonchev–Trinajstić information content (AvgIpc) is 2.84. The van der Waals surface area contributed by atoms with Gasteiger partial charge in [-0.15, -0.1) is 5.10 Å². The van der Waals surface area contributed by atoms with Crippen molar-refractivity contribution >= 4 is 5.97 Å². The Kier molecular flexibility index (Phi) is 3.92. The smallest absolute Gasteiger partial charge is 0.305 e. The second-order valence-corrected chi connectivity index (χ2v) is 4.78. The summed E-state index contributed by atoms with van der Waals surface area (Å²) in [6, 6.07) is 4.26. The molecule has 2 aromatic heterocycles. The predicted molar refractivity (Wildman–Crippen MR) is 70.0 cm³/mol. The number of pyridine rings is 1. The number of H-pyrrole nitrogens is 1. The van der Waals surface area contributed by atoms with Crippen molar-refractivity contribution in [3.63, 3.8) is 0 Å². The molecule has 1 unspecified atom stereocenters. The SMILES string of the molecule is CC(C)C(CC(=O)O)n1nnnc1-c1cccc(=O)[nH]1. The zero-order valence-corrected chi connectivity index (χ0v) is 11.1. The molecule has 0 fully saturated rings. The van der Waals surface area contributed by atoms with Crippen LogP contribution in [0, 0.1) is 5.92 Å². The highest BCUT2D eigenvalue weighted by Crippen LogP contribution is 2.24. The number of carboxylic acid groups (broad SMARTS) is 1. The highest BCUT2D eigenvalue weighted by atomic mass is 16.4. The third-order valence-electron chi connectivity index (χ3n) is 2.97. The zero-order chi connectivity index (χ0) is 14.7. The fourth-order valence-electron chi connectivity index (χ4n) is 1.96. The second kappa shape index (κ2) is 5.64. The molecule has 106 valence electrons. The predicted octanol–water partition coefficient (Wildman–Crippen LogP) is 0.700. The highest BCUT2D eigenvalue weighted by molar-refractivity contribution is 5.67. The Morgan fingerprint density at radius 1 is 1.45 bits per heavy atom. The van der Waals surface area contributed by atoms with Crippen LogP contribution >= 0.6 is 0 Å². The zero-order valence-electron chi connectivity index (χ0n) is 11.1. The summed E-state index contributed by atoms with van der Waals surface area (Å²) >= 11 is 0. The van der Waals surface area contributed by atoms with Crippen molar-refractivity contribution in [1.82, 2.24) is 25.2 Å². The van der Waals surface area contributed by atoms with Crippen LogP contribution in [0.2, 0.25) is 0 Å². The molecule has 20 heavy (non-hydrogen) atoms. The fourth-order valence-corrected chi connectivity index (χ4v) is 1.96. The molecule has 8 heteroatoms. The molecule has 8 nitrogen and oxygen atoms in total. The second-order valence-electron chi connectivity index (χ2n) is 4.78. The summed E-state index contributed by atoms with van der Waals surface area (Å²) in [5, 5.41) is 20.3. The molecule has 0 aromatic carbocycles. The number of nitrogens with zero attached hydrogens (tertiary/aromatic N) is 4. The van der Waals surface area contributed by atoms with Crippen LogP contribution in [0.1, 0.15) is 26.3 Å². The van der Waals surface area contributed by atoms with E-state index < -0.39 is 5.97 Å². The first-order chi connectivity index (χ1) is 9.49. The van der Waals surface area contributed by atoms with Crippen LogP contribution in [-0.4, -0.2) is 36.3 Å². The van der Waals surface area contributed by atoms with Crippen LogP contribution in [0.3, 0.4) is 0 Å². The lowest BCUT2D eigenvalue weighted by molar-refractivity contribution is -0.138. The molecule has 0 radical (unpaired) electrons. The molecule has 2 aromatic rings. The molecule has 0 saturated carbocycles. The third kappa shape index (κ3) is 2.90. The van der Waals surface area contributed by atoms with Gasteiger partial charge in [0, 0.05) is 6.07 Å². The lowest BCUT2D eigenvalue weighted by Crippen LogP contribution is -2.21. The summed E-state index contributed by atoms with van der Waals surface area (Å²) in [4.78, 5) is 25.0. The van der Waals surface area contributed by atoms with Crippen molar-refractivity contribution in [2.45, 2.75) is 26.3 Å². The molecule has 0 aliphatic rings. The average molecular weight is 277 g/mol. The number of tetrazole rings is 1. The normalized spacial score (nSPS) is 12.6. The van der Waals surface area contributed by atoms with Gasteiger partial charge in [0.05, 0.1) is 18.2 Å². The number of nitrogens with one attached hydrogen (secondary N) is 1. The van der Waals surface area contributed by atoms with Gasteiger partial charge in [-0.2, -0.15) is 0 Å². The van der Waals surface area contributed by atoms with E-state index in [0.29, 0.717) is 11.5 Å². The van der Waals surface area contributed by atoms with E-state index in [9.17, 15) is 9.59 Å². The lowest BCUT2D eigenvalue weighted by atomic mass is 10.0. The van der Waals surface area contributed by atoms with E-state index >= 15 is 0 Å². The van der Waals surface area contributed by atoms with Gasteiger partial charge in [-0.3, -0.25) is 9.59 Å². The first kappa shape index (κ1) is 13.9. The van der Waals surface area contributed by atoms with Crippen LogP contribution in [0.5, 0.6) is 0 Å². The van der Waals surface area contributed by atoms with Gasteiger partial charge in [-0.25, -0.2) is 4.68 Å². The summed E-state index contributed by atoms with van der Waals surface area (Å²) in [5.41, 5.74) is 0.190. The number of aromatic amines is 1. The maximum absolute atomic E-state index is 11.4. The van der Waals surface area contributed by atoms with Gasteiger partial charge in [-0.05, 0) is 22.4 Å². The topological polar surface area (TPSA) is 114 Å². The molecule has 2 rings (SSSR count). The summed E-state index contributed by atoms with van der Waals surface area (Å²) in [6.07, 6.45) is -0.0905. The van der Waals surface area contributed by atoms with Gasteiger partial charge >= 0.3 is 5.97 Å². The van der Waals surface area contributed by atoms with Crippen molar-refractivity contribution in [1.29, 1.82) is 0 Å². The van der Waals surface area contributed by atoms with E-state index in [-0.39, 0.29) is 23.9 Å². The Morgan fingerprint density at radius 3 is 2.80 bits per heavy atom. The minimum Gasteiger partial charge on any atom is -0.481 e. The molecule has 0 aliphatic carbocycles. The monoisotopic (exact) mass is 277 g/mol. The van der Waals surface area contributed by atoms with Gasteiger partial charge in [0.15, 0.2) is 5.82 Å². The minimum absolute atomic E-state index is 0.0313. The van der Waals surface area contributed by atoms with Crippen LogP contribution < -0.4 is 5.56 Å². The van der Waals surface area contributed by atoms with Crippen molar-refractivity contribution in [3.8, 4) is 11.5 Å². The summed E-state index contributed by atoms with van der Waals surface area (Å²) < 4.78 is 1.45.